The standard InChI is InChI=1S/C20H42/c1-6-9-10-11-12-13-14-16-20(8-3)19(5)17-18(4)15-7-2/h18-20H,6-17H2,1-5H3. The molecule has 0 aliphatic heterocycles. The Labute approximate surface area is 130 Å². The van der Waals surface area contributed by atoms with E-state index in [9.17, 15) is 0 Å². The van der Waals surface area contributed by atoms with Crippen molar-refractivity contribution in [3.63, 3.8) is 0 Å². The molecule has 0 nitrogen and oxygen atoms in total. The maximum absolute atomic E-state index is 2.50. The van der Waals surface area contributed by atoms with Crippen LogP contribution in [-0.2, 0) is 0 Å². The first-order valence-corrected chi connectivity index (χ1v) is 9.65. The zero-order chi connectivity index (χ0) is 15.2. The minimum atomic E-state index is 0.929. The molecule has 0 rings (SSSR count). The van der Waals surface area contributed by atoms with Crippen molar-refractivity contribution < 1.29 is 0 Å². The van der Waals surface area contributed by atoms with Crippen molar-refractivity contribution >= 4 is 0 Å². The third-order valence-corrected chi connectivity index (χ3v) is 5.06. The van der Waals surface area contributed by atoms with Gasteiger partial charge in [0.05, 0.1) is 0 Å². The Kier molecular flexibility index (Phi) is 14.0. The van der Waals surface area contributed by atoms with Gasteiger partial charge in [-0.3, -0.25) is 0 Å². The van der Waals surface area contributed by atoms with Gasteiger partial charge in [-0.25, -0.2) is 0 Å². The van der Waals surface area contributed by atoms with Gasteiger partial charge in [0.25, 0.3) is 0 Å². The van der Waals surface area contributed by atoms with Crippen LogP contribution in [0.15, 0.2) is 0 Å². The van der Waals surface area contributed by atoms with Gasteiger partial charge in [-0.05, 0) is 24.2 Å². The molecule has 0 heteroatoms. The molecule has 0 N–H and O–H groups in total. The fraction of sp³-hybridized carbons (Fsp3) is 1.00. The average Bonchev–Trinajstić information content (AvgIpc) is 2.42. The molecule has 0 heterocycles. The molecular formula is C20H42. The van der Waals surface area contributed by atoms with Gasteiger partial charge in [0, 0.05) is 0 Å². The zero-order valence-electron chi connectivity index (χ0n) is 15.2. The van der Waals surface area contributed by atoms with E-state index in [0.29, 0.717) is 0 Å². The molecule has 0 aromatic rings. The lowest BCUT2D eigenvalue weighted by Crippen LogP contribution is -2.14. The van der Waals surface area contributed by atoms with Crippen LogP contribution in [0.1, 0.15) is 112 Å². The highest BCUT2D eigenvalue weighted by Gasteiger charge is 2.17. The minimum Gasteiger partial charge on any atom is -0.0654 e. The van der Waals surface area contributed by atoms with E-state index in [4.69, 9.17) is 0 Å². The third-order valence-electron chi connectivity index (χ3n) is 5.06. The van der Waals surface area contributed by atoms with Crippen LogP contribution in [0.25, 0.3) is 0 Å². The summed E-state index contributed by atoms with van der Waals surface area (Å²) in [6.07, 6.45) is 17.2. The lowest BCUT2D eigenvalue weighted by molar-refractivity contribution is 0.260. The number of hydrogen-bond donors (Lipinski definition) is 0. The second kappa shape index (κ2) is 14.0. The van der Waals surface area contributed by atoms with Crippen molar-refractivity contribution in [2.24, 2.45) is 17.8 Å². The summed E-state index contributed by atoms with van der Waals surface area (Å²) >= 11 is 0. The molecule has 0 aromatic heterocycles. The van der Waals surface area contributed by atoms with Crippen LogP contribution in [0.4, 0.5) is 0 Å². The van der Waals surface area contributed by atoms with Crippen LogP contribution in [0, 0.1) is 17.8 Å². The van der Waals surface area contributed by atoms with Crippen molar-refractivity contribution in [3.05, 3.63) is 0 Å². The molecule has 3 unspecified atom stereocenters. The van der Waals surface area contributed by atoms with E-state index < -0.39 is 0 Å². The third kappa shape index (κ3) is 10.7. The van der Waals surface area contributed by atoms with E-state index in [1.54, 1.807) is 0 Å². The molecular weight excluding hydrogens is 240 g/mol. The molecule has 0 saturated heterocycles. The summed E-state index contributed by atoms with van der Waals surface area (Å²) in [5.74, 6) is 2.84. The SMILES string of the molecule is CCCCCCCCCC(CC)C(C)CC(C)CCC. The normalized spacial score (nSPS) is 16.1. The van der Waals surface area contributed by atoms with Crippen LogP contribution in [0.5, 0.6) is 0 Å². The van der Waals surface area contributed by atoms with Crippen LogP contribution >= 0.6 is 0 Å². The van der Waals surface area contributed by atoms with Crippen molar-refractivity contribution in [1.82, 2.24) is 0 Å². The van der Waals surface area contributed by atoms with Crippen LogP contribution in [0.2, 0.25) is 0 Å². The Morgan fingerprint density at radius 1 is 0.650 bits per heavy atom. The molecule has 0 bridgehead atoms. The minimum absolute atomic E-state index is 0.929. The van der Waals surface area contributed by atoms with Gasteiger partial charge in [-0.15, -0.1) is 0 Å². The summed E-state index contributed by atoms with van der Waals surface area (Å²) < 4.78 is 0. The van der Waals surface area contributed by atoms with E-state index in [1.165, 1.54) is 77.0 Å². The second-order valence-corrected chi connectivity index (χ2v) is 7.19. The summed E-state index contributed by atoms with van der Waals surface area (Å²) in [5.41, 5.74) is 0. The first-order valence-electron chi connectivity index (χ1n) is 9.65. The van der Waals surface area contributed by atoms with Gasteiger partial charge in [-0.1, -0.05) is 105 Å². The highest BCUT2D eigenvalue weighted by molar-refractivity contribution is 4.68. The fourth-order valence-corrected chi connectivity index (χ4v) is 3.69. The summed E-state index contributed by atoms with van der Waals surface area (Å²) in [5, 5.41) is 0. The van der Waals surface area contributed by atoms with E-state index >= 15 is 0 Å². The Morgan fingerprint density at radius 3 is 1.80 bits per heavy atom. The van der Waals surface area contributed by atoms with E-state index in [-0.39, 0.29) is 0 Å². The van der Waals surface area contributed by atoms with Gasteiger partial charge in [0.15, 0.2) is 0 Å². The molecule has 0 radical (unpaired) electrons. The largest absolute Gasteiger partial charge is 0.0654 e. The van der Waals surface area contributed by atoms with Gasteiger partial charge >= 0.3 is 0 Å². The highest BCUT2D eigenvalue weighted by Crippen LogP contribution is 2.29. The van der Waals surface area contributed by atoms with Gasteiger partial charge in [-0.2, -0.15) is 0 Å². The molecule has 0 spiro atoms. The maximum atomic E-state index is 2.50. The molecule has 0 saturated carbocycles. The lowest BCUT2D eigenvalue weighted by atomic mass is 9.81. The summed E-state index contributed by atoms with van der Waals surface area (Å²) in [7, 11) is 0. The van der Waals surface area contributed by atoms with E-state index in [1.807, 2.05) is 0 Å². The van der Waals surface area contributed by atoms with Gasteiger partial charge < -0.3 is 0 Å². The molecule has 0 aromatic carbocycles. The monoisotopic (exact) mass is 282 g/mol. The van der Waals surface area contributed by atoms with Crippen LogP contribution < -0.4 is 0 Å². The Hall–Kier alpha value is 0. The number of rotatable bonds is 14. The molecule has 20 heavy (non-hydrogen) atoms. The molecule has 0 fully saturated rings. The summed E-state index contributed by atoms with van der Waals surface area (Å²) in [6, 6.07) is 0. The maximum Gasteiger partial charge on any atom is -0.0391 e. The molecule has 0 aliphatic carbocycles. The first-order chi connectivity index (χ1) is 9.65. The predicted octanol–water partition coefficient (Wildman–Crippen LogP) is 7.62. The topological polar surface area (TPSA) is 0 Å². The van der Waals surface area contributed by atoms with Gasteiger partial charge in [0.1, 0.15) is 0 Å². The van der Waals surface area contributed by atoms with Crippen molar-refractivity contribution in [1.29, 1.82) is 0 Å². The second-order valence-electron chi connectivity index (χ2n) is 7.19. The average molecular weight is 283 g/mol. The fourth-order valence-electron chi connectivity index (χ4n) is 3.69. The molecule has 3 atom stereocenters. The number of hydrogen-bond acceptors (Lipinski definition) is 0. The van der Waals surface area contributed by atoms with E-state index in [2.05, 4.69) is 34.6 Å². The smallest absolute Gasteiger partial charge is 0.0391 e. The molecule has 122 valence electrons. The summed E-state index contributed by atoms with van der Waals surface area (Å²) in [4.78, 5) is 0. The first kappa shape index (κ1) is 20.0. The lowest BCUT2D eigenvalue weighted by Gasteiger charge is -2.25. The molecule has 0 amide bonds. The Balaban J connectivity index is 3.68. The number of unbranched alkanes of at least 4 members (excludes halogenated alkanes) is 6. The van der Waals surface area contributed by atoms with Crippen molar-refractivity contribution in [3.8, 4) is 0 Å². The predicted molar refractivity (Wildman–Crippen MR) is 94.2 cm³/mol. The van der Waals surface area contributed by atoms with Crippen molar-refractivity contribution in [2.75, 3.05) is 0 Å². The quantitative estimate of drug-likeness (QED) is 0.287. The Morgan fingerprint density at radius 2 is 1.25 bits per heavy atom. The van der Waals surface area contributed by atoms with Gasteiger partial charge in [0.2, 0.25) is 0 Å². The van der Waals surface area contributed by atoms with E-state index in [0.717, 1.165) is 17.8 Å². The Bertz CT molecular complexity index is 184. The zero-order valence-corrected chi connectivity index (χ0v) is 15.2. The summed E-state index contributed by atoms with van der Waals surface area (Å²) in [6.45, 7) is 12.0. The van der Waals surface area contributed by atoms with Crippen LogP contribution in [0.3, 0.4) is 0 Å². The van der Waals surface area contributed by atoms with Crippen molar-refractivity contribution in [2.45, 2.75) is 112 Å². The van der Waals surface area contributed by atoms with Crippen LogP contribution in [-0.4, -0.2) is 0 Å². The molecule has 0 aliphatic rings. The highest BCUT2D eigenvalue weighted by atomic mass is 14.2.